The van der Waals surface area contributed by atoms with Crippen molar-refractivity contribution in [1.29, 1.82) is 0 Å². The molecular formula is C22H24N4O2S. The second-order valence-electron chi connectivity index (χ2n) is 6.80. The van der Waals surface area contributed by atoms with Crippen LogP contribution in [0.25, 0.3) is 0 Å². The normalized spacial score (nSPS) is 11.8. The minimum atomic E-state index is -0.298. The number of rotatable bonds is 8. The fourth-order valence-electron chi connectivity index (χ4n) is 2.81. The van der Waals surface area contributed by atoms with E-state index in [1.807, 2.05) is 0 Å². The topological polar surface area (TPSA) is 111 Å². The van der Waals surface area contributed by atoms with Gasteiger partial charge < -0.3 is 16.8 Å². The van der Waals surface area contributed by atoms with Crippen LogP contribution in [0.15, 0.2) is 53.9 Å². The van der Waals surface area contributed by atoms with Gasteiger partial charge in [-0.15, -0.1) is 11.3 Å². The molecule has 7 heteroatoms. The van der Waals surface area contributed by atoms with E-state index in [9.17, 15) is 9.59 Å². The molecule has 0 saturated carbocycles. The zero-order valence-electron chi connectivity index (χ0n) is 16.2. The van der Waals surface area contributed by atoms with Crippen molar-refractivity contribution in [3.63, 3.8) is 0 Å². The summed E-state index contributed by atoms with van der Waals surface area (Å²) in [7, 11) is 0. The highest BCUT2D eigenvalue weighted by molar-refractivity contribution is 7.09. The molecule has 1 amide bonds. The van der Waals surface area contributed by atoms with Crippen LogP contribution in [0.1, 0.15) is 63.6 Å². The molecule has 5 N–H and O–H groups in total. The van der Waals surface area contributed by atoms with E-state index in [0.717, 1.165) is 24.3 Å². The van der Waals surface area contributed by atoms with Gasteiger partial charge in [0.15, 0.2) is 5.78 Å². The Kier molecular flexibility index (Phi) is 6.74. The highest BCUT2D eigenvalue weighted by atomic mass is 32.1. The van der Waals surface area contributed by atoms with E-state index in [0.29, 0.717) is 28.2 Å². The van der Waals surface area contributed by atoms with E-state index in [1.54, 1.807) is 53.9 Å². The smallest absolute Gasteiger partial charge is 0.275 e. The molecule has 0 aliphatic carbocycles. The van der Waals surface area contributed by atoms with Crippen LogP contribution in [0.3, 0.4) is 0 Å². The summed E-state index contributed by atoms with van der Waals surface area (Å²) >= 11 is 1.40. The number of anilines is 2. The Morgan fingerprint density at radius 3 is 2.31 bits per heavy atom. The van der Waals surface area contributed by atoms with Crippen molar-refractivity contribution >= 4 is 34.4 Å². The van der Waals surface area contributed by atoms with E-state index in [-0.39, 0.29) is 17.7 Å². The minimum Gasteiger partial charge on any atom is -0.399 e. The molecule has 29 heavy (non-hydrogen) atoms. The Labute approximate surface area is 174 Å². The zero-order chi connectivity index (χ0) is 20.8. The second-order valence-corrected chi connectivity index (χ2v) is 7.69. The number of nitrogen functional groups attached to an aromatic ring is 1. The van der Waals surface area contributed by atoms with E-state index >= 15 is 0 Å². The summed E-state index contributed by atoms with van der Waals surface area (Å²) in [5, 5.41) is 5.29. The first kappa shape index (κ1) is 20.7. The number of carbonyl (C=O) groups excluding carboxylic acids is 2. The van der Waals surface area contributed by atoms with Gasteiger partial charge in [0, 0.05) is 27.9 Å². The lowest BCUT2D eigenvalue weighted by Crippen LogP contribution is -2.14. The first-order chi connectivity index (χ1) is 14.0. The van der Waals surface area contributed by atoms with Gasteiger partial charge in [-0.05, 0) is 55.0 Å². The monoisotopic (exact) mass is 408 g/mol. The van der Waals surface area contributed by atoms with Crippen LogP contribution in [0, 0.1) is 0 Å². The van der Waals surface area contributed by atoms with Crippen LogP contribution < -0.4 is 16.8 Å². The third-order valence-electron chi connectivity index (χ3n) is 4.52. The van der Waals surface area contributed by atoms with Crippen LogP contribution in [-0.4, -0.2) is 16.7 Å². The van der Waals surface area contributed by atoms with Gasteiger partial charge in [-0.2, -0.15) is 0 Å². The lowest BCUT2D eigenvalue weighted by Gasteiger charge is -2.07. The number of aromatic nitrogens is 1. The lowest BCUT2D eigenvalue weighted by atomic mass is 10.0. The number of ketones is 1. The molecule has 1 aromatic heterocycles. The zero-order valence-corrected chi connectivity index (χ0v) is 17.0. The molecule has 6 nitrogen and oxygen atoms in total. The molecule has 0 bridgehead atoms. The molecular weight excluding hydrogens is 384 g/mol. The van der Waals surface area contributed by atoms with Gasteiger partial charge in [0.25, 0.3) is 5.91 Å². The summed E-state index contributed by atoms with van der Waals surface area (Å²) in [5.74, 6) is -0.402. The first-order valence-electron chi connectivity index (χ1n) is 9.50. The van der Waals surface area contributed by atoms with Gasteiger partial charge in [0.05, 0.1) is 6.04 Å². The number of carbonyl (C=O) groups is 2. The molecule has 0 aliphatic rings. The molecule has 0 saturated heterocycles. The van der Waals surface area contributed by atoms with Gasteiger partial charge >= 0.3 is 0 Å². The number of nitrogens with zero attached hydrogens (tertiary/aromatic N) is 1. The molecule has 0 aliphatic heterocycles. The van der Waals surface area contributed by atoms with Gasteiger partial charge in [-0.3, -0.25) is 9.59 Å². The highest BCUT2D eigenvalue weighted by Crippen LogP contribution is 2.22. The van der Waals surface area contributed by atoms with Gasteiger partial charge in [-0.25, -0.2) is 4.98 Å². The fraction of sp³-hybridized carbons (Fsp3) is 0.227. The largest absolute Gasteiger partial charge is 0.399 e. The Morgan fingerprint density at radius 1 is 1.07 bits per heavy atom. The van der Waals surface area contributed by atoms with Crippen molar-refractivity contribution in [3.05, 3.63) is 75.7 Å². The summed E-state index contributed by atoms with van der Waals surface area (Å²) in [5.41, 5.74) is 14.4. The van der Waals surface area contributed by atoms with Crippen molar-refractivity contribution in [3.8, 4) is 0 Å². The van der Waals surface area contributed by atoms with E-state index in [1.165, 1.54) is 11.3 Å². The molecule has 3 rings (SSSR count). The number of nitrogens with two attached hydrogens (primary N) is 2. The number of benzene rings is 2. The highest BCUT2D eigenvalue weighted by Gasteiger charge is 2.15. The number of amides is 1. The Morgan fingerprint density at radius 2 is 1.69 bits per heavy atom. The van der Waals surface area contributed by atoms with Crippen LogP contribution in [-0.2, 0) is 0 Å². The summed E-state index contributed by atoms with van der Waals surface area (Å²) in [6.07, 6.45) is 2.96. The fourth-order valence-corrected chi connectivity index (χ4v) is 3.65. The summed E-state index contributed by atoms with van der Waals surface area (Å²) < 4.78 is 0. The number of hydrogen-bond acceptors (Lipinski definition) is 6. The maximum Gasteiger partial charge on any atom is 0.275 e. The maximum absolute atomic E-state index is 12.5. The minimum absolute atomic E-state index is 0.104. The molecule has 1 heterocycles. The number of nitrogens with one attached hydrogen (secondary N) is 1. The quantitative estimate of drug-likeness (QED) is 0.378. The van der Waals surface area contributed by atoms with Crippen molar-refractivity contribution in [1.82, 2.24) is 4.98 Å². The Balaban J connectivity index is 1.63. The van der Waals surface area contributed by atoms with E-state index < -0.39 is 0 Å². The molecule has 0 fully saturated rings. The van der Waals surface area contributed by atoms with E-state index in [4.69, 9.17) is 11.5 Å². The number of thiazole rings is 1. The Bertz CT molecular complexity index is 981. The van der Waals surface area contributed by atoms with Crippen molar-refractivity contribution in [2.45, 2.75) is 32.2 Å². The first-order valence-corrected chi connectivity index (χ1v) is 10.4. The third kappa shape index (κ3) is 5.28. The van der Waals surface area contributed by atoms with Gasteiger partial charge in [-0.1, -0.05) is 19.8 Å². The third-order valence-corrected chi connectivity index (χ3v) is 5.49. The average Bonchev–Trinajstić information content (AvgIpc) is 3.23. The molecule has 150 valence electrons. The average molecular weight is 409 g/mol. The predicted octanol–water partition coefficient (Wildman–Crippen LogP) is 4.40. The predicted molar refractivity (Wildman–Crippen MR) is 117 cm³/mol. The molecule has 0 radical (unpaired) electrons. The van der Waals surface area contributed by atoms with Crippen molar-refractivity contribution in [2.75, 3.05) is 11.1 Å². The van der Waals surface area contributed by atoms with Crippen molar-refractivity contribution < 1.29 is 9.59 Å². The maximum atomic E-state index is 12.5. The Hall–Kier alpha value is -3.03. The van der Waals surface area contributed by atoms with Crippen LogP contribution in [0.5, 0.6) is 0 Å². The summed E-state index contributed by atoms with van der Waals surface area (Å²) in [6.45, 7) is 2.11. The van der Waals surface area contributed by atoms with Crippen LogP contribution in [0.4, 0.5) is 11.4 Å². The molecule has 1 atom stereocenters. The molecule has 3 aromatic rings. The molecule has 0 spiro atoms. The SMILES string of the molecule is CCCCC(N)c1nc(C(=O)Nc2ccc(C(=O)c3ccc(N)cc3)cc2)cs1. The second kappa shape index (κ2) is 9.45. The molecule has 1 unspecified atom stereocenters. The molecule has 2 aromatic carbocycles. The van der Waals surface area contributed by atoms with Gasteiger partial charge in [0.2, 0.25) is 0 Å². The van der Waals surface area contributed by atoms with Crippen LogP contribution >= 0.6 is 11.3 Å². The number of hydrogen-bond donors (Lipinski definition) is 3. The van der Waals surface area contributed by atoms with E-state index in [2.05, 4.69) is 17.2 Å². The summed E-state index contributed by atoms with van der Waals surface area (Å²) in [4.78, 5) is 29.3. The van der Waals surface area contributed by atoms with Gasteiger partial charge in [0.1, 0.15) is 10.7 Å². The summed E-state index contributed by atoms with van der Waals surface area (Å²) in [6, 6.07) is 13.4. The number of unbranched alkanes of at least 4 members (excludes halogenated alkanes) is 1. The van der Waals surface area contributed by atoms with Crippen molar-refractivity contribution in [2.24, 2.45) is 5.73 Å². The standard InChI is InChI=1S/C22H24N4O2S/c1-2-3-4-18(24)22-26-19(13-29-22)21(28)25-17-11-7-15(8-12-17)20(27)14-5-9-16(23)10-6-14/h5-13,18H,2-4,23-24H2,1H3,(H,25,28). The lowest BCUT2D eigenvalue weighted by molar-refractivity contribution is 0.102. The van der Waals surface area contributed by atoms with Crippen LogP contribution in [0.2, 0.25) is 0 Å².